The zero-order valence-electron chi connectivity index (χ0n) is 12.9. The second-order valence-electron chi connectivity index (χ2n) is 5.87. The highest BCUT2D eigenvalue weighted by molar-refractivity contribution is 7.07. The lowest BCUT2D eigenvalue weighted by Gasteiger charge is -2.33. The Morgan fingerprint density at radius 1 is 1.17 bits per heavy atom. The van der Waals surface area contributed by atoms with Crippen molar-refractivity contribution >= 4 is 17.2 Å². The van der Waals surface area contributed by atoms with Crippen molar-refractivity contribution in [3.63, 3.8) is 0 Å². The molecule has 5 nitrogen and oxygen atoms in total. The van der Waals surface area contributed by atoms with Gasteiger partial charge in [-0.2, -0.15) is 0 Å². The van der Waals surface area contributed by atoms with Crippen LogP contribution in [0.25, 0.3) is 0 Å². The molecule has 23 heavy (non-hydrogen) atoms. The fourth-order valence-electron chi connectivity index (χ4n) is 3.24. The molecule has 1 aliphatic rings. The Labute approximate surface area is 139 Å². The van der Waals surface area contributed by atoms with E-state index >= 15 is 0 Å². The number of pyridine rings is 1. The van der Waals surface area contributed by atoms with Crippen LogP contribution in [0.3, 0.4) is 0 Å². The molecule has 0 N–H and O–H groups in total. The van der Waals surface area contributed by atoms with Crippen molar-refractivity contribution in [3.05, 3.63) is 59.2 Å². The van der Waals surface area contributed by atoms with Crippen LogP contribution in [0, 0.1) is 0 Å². The van der Waals surface area contributed by atoms with Gasteiger partial charge in [-0.3, -0.25) is 0 Å². The van der Waals surface area contributed by atoms with Gasteiger partial charge in [0.05, 0.1) is 17.7 Å². The third kappa shape index (κ3) is 3.12. The first-order valence-electron chi connectivity index (χ1n) is 7.94. The molecule has 6 heteroatoms. The Morgan fingerprint density at radius 2 is 2.17 bits per heavy atom. The summed E-state index contributed by atoms with van der Waals surface area (Å²) in [7, 11) is 0. The molecule has 118 valence electrons. The number of rotatable bonds is 4. The number of imidazole rings is 1. The largest absolute Gasteiger partial charge is 0.356 e. The second kappa shape index (κ2) is 6.50. The number of piperidine rings is 1. The molecule has 1 aliphatic heterocycles. The van der Waals surface area contributed by atoms with Gasteiger partial charge in [-0.15, -0.1) is 11.3 Å². The summed E-state index contributed by atoms with van der Waals surface area (Å²) in [6, 6.07) is 6.10. The van der Waals surface area contributed by atoms with Gasteiger partial charge >= 0.3 is 0 Å². The Bertz CT molecular complexity index is 737. The lowest BCUT2D eigenvalue weighted by molar-refractivity contribution is 0.473. The van der Waals surface area contributed by atoms with E-state index in [1.807, 2.05) is 24.0 Å². The summed E-state index contributed by atoms with van der Waals surface area (Å²) in [5.74, 6) is 2.67. The summed E-state index contributed by atoms with van der Waals surface area (Å²) in [5, 5.41) is 2.10. The minimum absolute atomic E-state index is 0.444. The van der Waals surface area contributed by atoms with Gasteiger partial charge in [-0.25, -0.2) is 15.0 Å². The zero-order chi connectivity index (χ0) is 15.5. The summed E-state index contributed by atoms with van der Waals surface area (Å²) in [5.41, 5.74) is 2.99. The monoisotopic (exact) mass is 325 g/mol. The van der Waals surface area contributed by atoms with Gasteiger partial charge in [0.15, 0.2) is 0 Å². The maximum Gasteiger partial charge on any atom is 0.128 e. The van der Waals surface area contributed by atoms with E-state index in [2.05, 4.69) is 48.1 Å². The Balaban J connectivity index is 1.53. The minimum atomic E-state index is 0.444. The third-order valence-electron chi connectivity index (χ3n) is 4.32. The molecule has 0 aliphatic carbocycles. The average molecular weight is 325 g/mol. The Morgan fingerprint density at radius 3 is 3.00 bits per heavy atom. The van der Waals surface area contributed by atoms with Crippen LogP contribution in [-0.2, 0) is 6.54 Å². The van der Waals surface area contributed by atoms with E-state index in [-0.39, 0.29) is 0 Å². The van der Waals surface area contributed by atoms with E-state index in [1.54, 1.807) is 11.3 Å². The van der Waals surface area contributed by atoms with Crippen molar-refractivity contribution in [2.45, 2.75) is 25.3 Å². The molecule has 0 aromatic carbocycles. The molecule has 0 amide bonds. The van der Waals surface area contributed by atoms with Gasteiger partial charge in [-0.1, -0.05) is 6.07 Å². The van der Waals surface area contributed by atoms with Crippen LogP contribution in [0.15, 0.2) is 47.7 Å². The first-order chi connectivity index (χ1) is 11.4. The van der Waals surface area contributed by atoms with E-state index < -0.39 is 0 Å². The summed E-state index contributed by atoms with van der Waals surface area (Å²) in [6.07, 6.45) is 8.18. The molecule has 1 saturated heterocycles. The quantitative estimate of drug-likeness (QED) is 0.739. The molecule has 1 atom stereocenters. The van der Waals surface area contributed by atoms with E-state index in [1.165, 1.54) is 18.7 Å². The molecule has 0 saturated carbocycles. The normalized spacial score (nSPS) is 18.3. The maximum atomic E-state index is 4.64. The predicted octanol–water partition coefficient (Wildman–Crippen LogP) is 3.17. The molecule has 0 spiro atoms. The molecular formula is C17H19N5S. The molecule has 1 fully saturated rings. The molecule has 0 unspecified atom stereocenters. The fraction of sp³-hybridized carbons (Fsp3) is 0.353. The average Bonchev–Trinajstić information content (AvgIpc) is 3.28. The Hall–Kier alpha value is -2.21. The van der Waals surface area contributed by atoms with E-state index in [0.717, 1.165) is 31.1 Å². The summed E-state index contributed by atoms with van der Waals surface area (Å²) in [6.45, 7) is 2.85. The van der Waals surface area contributed by atoms with Gasteiger partial charge < -0.3 is 9.47 Å². The number of hydrogen-bond acceptors (Lipinski definition) is 5. The van der Waals surface area contributed by atoms with Gasteiger partial charge in [0.2, 0.25) is 0 Å². The van der Waals surface area contributed by atoms with Gasteiger partial charge in [-0.05, 0) is 25.0 Å². The molecule has 3 aromatic heterocycles. The molecular weight excluding hydrogens is 306 g/mol. The minimum Gasteiger partial charge on any atom is -0.356 e. The van der Waals surface area contributed by atoms with Gasteiger partial charge in [0.1, 0.15) is 11.6 Å². The molecule has 3 aromatic rings. The first kappa shape index (κ1) is 14.4. The third-order valence-corrected chi connectivity index (χ3v) is 4.96. The summed E-state index contributed by atoms with van der Waals surface area (Å²) < 4.78 is 2.24. The van der Waals surface area contributed by atoms with Crippen LogP contribution in [0.5, 0.6) is 0 Å². The molecule has 0 bridgehead atoms. The predicted molar refractivity (Wildman–Crippen MR) is 91.9 cm³/mol. The zero-order valence-corrected chi connectivity index (χ0v) is 13.7. The lowest BCUT2D eigenvalue weighted by atomic mass is 9.97. The highest BCUT2D eigenvalue weighted by atomic mass is 32.1. The topological polar surface area (TPSA) is 46.8 Å². The van der Waals surface area contributed by atoms with Crippen molar-refractivity contribution in [2.75, 3.05) is 18.0 Å². The number of anilines is 1. The van der Waals surface area contributed by atoms with Crippen molar-refractivity contribution < 1.29 is 0 Å². The van der Waals surface area contributed by atoms with E-state index in [4.69, 9.17) is 0 Å². The standard InChI is InChI=1S/C17H19N5S/c1-2-6-18-16(5-1)21-8-3-4-14(10-21)17-19-7-9-22(17)11-15-12-23-13-20-15/h1-2,5-7,9,12-14H,3-4,8,10-11H2/t14-/m1/s1. The van der Waals surface area contributed by atoms with Crippen molar-refractivity contribution in [3.8, 4) is 0 Å². The van der Waals surface area contributed by atoms with E-state index in [9.17, 15) is 0 Å². The molecule has 4 heterocycles. The maximum absolute atomic E-state index is 4.64. The van der Waals surface area contributed by atoms with Crippen LogP contribution in [0.2, 0.25) is 0 Å². The number of nitrogens with zero attached hydrogens (tertiary/aromatic N) is 5. The SMILES string of the molecule is c1ccc(N2CCC[C@@H](c3nccn3Cc3cscn3)C2)nc1. The van der Waals surface area contributed by atoms with Crippen LogP contribution in [0.4, 0.5) is 5.82 Å². The first-order valence-corrected chi connectivity index (χ1v) is 8.88. The Kier molecular flexibility index (Phi) is 4.06. The second-order valence-corrected chi connectivity index (χ2v) is 6.58. The number of hydrogen-bond donors (Lipinski definition) is 0. The van der Waals surface area contributed by atoms with Gasteiger partial charge in [0.25, 0.3) is 0 Å². The van der Waals surface area contributed by atoms with Crippen LogP contribution < -0.4 is 4.90 Å². The lowest BCUT2D eigenvalue weighted by Crippen LogP contribution is -2.35. The highest BCUT2D eigenvalue weighted by Crippen LogP contribution is 2.28. The van der Waals surface area contributed by atoms with Crippen LogP contribution in [-0.4, -0.2) is 32.6 Å². The van der Waals surface area contributed by atoms with Crippen molar-refractivity contribution in [1.29, 1.82) is 0 Å². The fourth-order valence-corrected chi connectivity index (χ4v) is 3.79. The van der Waals surface area contributed by atoms with E-state index in [0.29, 0.717) is 5.92 Å². The van der Waals surface area contributed by atoms with Crippen molar-refractivity contribution in [2.24, 2.45) is 0 Å². The van der Waals surface area contributed by atoms with Gasteiger partial charge in [0, 0.05) is 43.0 Å². The van der Waals surface area contributed by atoms with Crippen LogP contribution in [0.1, 0.15) is 30.3 Å². The summed E-state index contributed by atoms with van der Waals surface area (Å²) >= 11 is 1.64. The number of thiazole rings is 1. The molecule has 4 rings (SSSR count). The number of aromatic nitrogens is 4. The van der Waals surface area contributed by atoms with Crippen LogP contribution >= 0.6 is 11.3 Å². The highest BCUT2D eigenvalue weighted by Gasteiger charge is 2.25. The summed E-state index contributed by atoms with van der Waals surface area (Å²) in [4.78, 5) is 15.9. The molecule has 0 radical (unpaired) electrons. The smallest absolute Gasteiger partial charge is 0.128 e. The van der Waals surface area contributed by atoms with Crippen molar-refractivity contribution in [1.82, 2.24) is 19.5 Å².